The van der Waals surface area contributed by atoms with Crippen molar-refractivity contribution in [3.05, 3.63) is 55.4 Å². The SMILES string of the molecule is O=C(NC1CCC(n2cc(-c3ccncn3)cn2)CC1)C1CCCN(c2ccccn2)C1. The molecule has 1 atom stereocenters. The van der Waals surface area contributed by atoms with E-state index in [1.807, 2.05) is 36.7 Å². The summed E-state index contributed by atoms with van der Waals surface area (Å²) in [4.78, 5) is 27.9. The predicted octanol–water partition coefficient (Wildman–Crippen LogP) is 3.25. The quantitative estimate of drug-likeness (QED) is 0.667. The molecule has 0 bridgehead atoms. The highest BCUT2D eigenvalue weighted by molar-refractivity contribution is 5.79. The maximum absolute atomic E-state index is 13.0. The van der Waals surface area contributed by atoms with Gasteiger partial charge >= 0.3 is 0 Å². The summed E-state index contributed by atoms with van der Waals surface area (Å²) in [6.45, 7) is 1.71. The molecule has 8 nitrogen and oxygen atoms in total. The van der Waals surface area contributed by atoms with Crippen LogP contribution < -0.4 is 10.2 Å². The third kappa shape index (κ3) is 4.64. The third-order valence-electron chi connectivity index (χ3n) is 6.66. The van der Waals surface area contributed by atoms with Crippen LogP contribution in [0.3, 0.4) is 0 Å². The van der Waals surface area contributed by atoms with Gasteiger partial charge in [0, 0.05) is 43.3 Å². The Hall–Kier alpha value is -3.29. The Balaban J connectivity index is 1.13. The Morgan fingerprint density at radius 3 is 2.72 bits per heavy atom. The topological polar surface area (TPSA) is 88.8 Å². The van der Waals surface area contributed by atoms with Crippen LogP contribution in [0.4, 0.5) is 5.82 Å². The molecule has 1 saturated heterocycles. The fourth-order valence-corrected chi connectivity index (χ4v) is 4.88. The molecular formula is C24H29N7O. The molecule has 0 radical (unpaired) electrons. The van der Waals surface area contributed by atoms with Crippen LogP contribution in [0.25, 0.3) is 11.3 Å². The Kier molecular flexibility index (Phi) is 6.09. The van der Waals surface area contributed by atoms with E-state index in [9.17, 15) is 4.79 Å². The van der Waals surface area contributed by atoms with Gasteiger partial charge in [-0.25, -0.2) is 15.0 Å². The zero-order valence-electron chi connectivity index (χ0n) is 18.2. The summed E-state index contributed by atoms with van der Waals surface area (Å²) in [6, 6.07) is 8.46. The van der Waals surface area contributed by atoms with Gasteiger partial charge in [0.25, 0.3) is 0 Å². The van der Waals surface area contributed by atoms with E-state index in [4.69, 9.17) is 0 Å². The van der Waals surface area contributed by atoms with Gasteiger partial charge in [-0.05, 0) is 56.7 Å². The van der Waals surface area contributed by atoms with E-state index >= 15 is 0 Å². The Bertz CT molecular complexity index is 1020. The predicted molar refractivity (Wildman–Crippen MR) is 122 cm³/mol. The Labute approximate surface area is 188 Å². The van der Waals surface area contributed by atoms with Gasteiger partial charge in [0.15, 0.2) is 0 Å². The third-order valence-corrected chi connectivity index (χ3v) is 6.66. The number of pyridine rings is 1. The van der Waals surface area contributed by atoms with E-state index in [0.29, 0.717) is 6.04 Å². The normalized spacial score (nSPS) is 23.6. The molecule has 3 aromatic rings. The first-order valence-electron chi connectivity index (χ1n) is 11.5. The van der Waals surface area contributed by atoms with Crippen LogP contribution in [-0.2, 0) is 4.79 Å². The summed E-state index contributed by atoms with van der Waals surface area (Å²) in [6.07, 6.45) is 15.0. The van der Waals surface area contributed by atoms with Gasteiger partial charge in [0.05, 0.1) is 23.9 Å². The van der Waals surface area contributed by atoms with Crippen LogP contribution in [0.15, 0.2) is 55.4 Å². The first-order chi connectivity index (χ1) is 15.8. The smallest absolute Gasteiger partial charge is 0.225 e. The molecule has 2 aliphatic rings. The lowest BCUT2D eigenvalue weighted by atomic mass is 9.90. The van der Waals surface area contributed by atoms with Crippen LogP contribution in [0.2, 0.25) is 0 Å². The molecule has 1 N–H and O–H groups in total. The van der Waals surface area contributed by atoms with Gasteiger partial charge in [-0.3, -0.25) is 9.48 Å². The van der Waals surface area contributed by atoms with E-state index < -0.39 is 0 Å². The molecule has 1 amide bonds. The summed E-state index contributed by atoms with van der Waals surface area (Å²) < 4.78 is 2.06. The first kappa shape index (κ1) is 20.6. The number of nitrogens with one attached hydrogen (secondary N) is 1. The van der Waals surface area contributed by atoms with Crippen LogP contribution in [0.5, 0.6) is 0 Å². The number of hydrogen-bond acceptors (Lipinski definition) is 6. The molecule has 3 aromatic heterocycles. The largest absolute Gasteiger partial charge is 0.356 e. The average molecular weight is 432 g/mol. The number of amides is 1. The fourth-order valence-electron chi connectivity index (χ4n) is 4.88. The Morgan fingerprint density at radius 2 is 1.94 bits per heavy atom. The number of hydrogen-bond donors (Lipinski definition) is 1. The van der Waals surface area contributed by atoms with Crippen molar-refractivity contribution in [2.75, 3.05) is 18.0 Å². The molecule has 1 saturated carbocycles. The van der Waals surface area contributed by atoms with E-state index in [1.54, 1.807) is 12.5 Å². The molecule has 0 spiro atoms. The van der Waals surface area contributed by atoms with Crippen molar-refractivity contribution >= 4 is 11.7 Å². The van der Waals surface area contributed by atoms with Crippen molar-refractivity contribution in [2.24, 2.45) is 5.92 Å². The fraction of sp³-hybridized carbons (Fsp3) is 0.458. The van der Waals surface area contributed by atoms with Crippen LogP contribution in [0.1, 0.15) is 44.6 Å². The van der Waals surface area contributed by atoms with Crippen molar-refractivity contribution < 1.29 is 4.79 Å². The number of anilines is 1. The number of piperidine rings is 1. The molecule has 5 rings (SSSR count). The zero-order valence-corrected chi connectivity index (χ0v) is 18.2. The molecule has 2 fully saturated rings. The number of aromatic nitrogens is 5. The minimum absolute atomic E-state index is 0.0324. The van der Waals surface area contributed by atoms with Crippen LogP contribution >= 0.6 is 0 Å². The number of carbonyl (C=O) groups excluding carboxylic acids is 1. The monoisotopic (exact) mass is 431 g/mol. The summed E-state index contributed by atoms with van der Waals surface area (Å²) in [5, 5.41) is 7.90. The second kappa shape index (κ2) is 9.46. The summed E-state index contributed by atoms with van der Waals surface area (Å²) in [5.41, 5.74) is 1.90. The number of nitrogens with zero attached hydrogens (tertiary/aromatic N) is 6. The Morgan fingerprint density at radius 1 is 1.03 bits per heavy atom. The lowest BCUT2D eigenvalue weighted by Crippen LogP contribution is -2.47. The molecule has 32 heavy (non-hydrogen) atoms. The van der Waals surface area contributed by atoms with E-state index in [-0.39, 0.29) is 17.9 Å². The standard InChI is InChI=1S/C24H29N7O/c32-24(18-4-3-13-30(15-18)23-5-1-2-11-26-23)29-20-6-8-21(9-7-20)31-16-19(14-28-31)22-10-12-25-17-27-22/h1-2,5,10-12,14,16-18,20-21H,3-4,6-9,13,15H2,(H,29,32). The van der Waals surface area contributed by atoms with Gasteiger partial charge < -0.3 is 10.2 Å². The maximum Gasteiger partial charge on any atom is 0.225 e. The van der Waals surface area contributed by atoms with Crippen molar-refractivity contribution in [1.29, 1.82) is 0 Å². The lowest BCUT2D eigenvalue weighted by Gasteiger charge is -2.35. The minimum atomic E-state index is 0.0324. The van der Waals surface area contributed by atoms with E-state index in [1.165, 1.54) is 0 Å². The first-order valence-corrected chi connectivity index (χ1v) is 11.5. The average Bonchev–Trinajstić information content (AvgIpc) is 3.36. The highest BCUT2D eigenvalue weighted by atomic mass is 16.2. The molecule has 4 heterocycles. The molecular weight excluding hydrogens is 402 g/mol. The molecule has 166 valence electrons. The van der Waals surface area contributed by atoms with Crippen LogP contribution in [0, 0.1) is 5.92 Å². The zero-order chi connectivity index (χ0) is 21.8. The van der Waals surface area contributed by atoms with Gasteiger partial charge in [0.2, 0.25) is 5.91 Å². The van der Waals surface area contributed by atoms with Crippen molar-refractivity contribution in [2.45, 2.75) is 50.6 Å². The van der Waals surface area contributed by atoms with Gasteiger partial charge in [-0.15, -0.1) is 0 Å². The number of carbonyl (C=O) groups is 1. The molecule has 1 aliphatic carbocycles. The second-order valence-electron chi connectivity index (χ2n) is 8.79. The van der Waals surface area contributed by atoms with Gasteiger partial charge in [0.1, 0.15) is 12.1 Å². The summed E-state index contributed by atoms with van der Waals surface area (Å²) in [5.74, 6) is 1.19. The van der Waals surface area contributed by atoms with E-state index in [0.717, 1.165) is 68.7 Å². The van der Waals surface area contributed by atoms with Gasteiger partial charge in [-0.1, -0.05) is 6.07 Å². The highest BCUT2D eigenvalue weighted by Gasteiger charge is 2.30. The minimum Gasteiger partial charge on any atom is -0.356 e. The molecule has 8 heteroatoms. The summed E-state index contributed by atoms with van der Waals surface area (Å²) in [7, 11) is 0. The second-order valence-corrected chi connectivity index (χ2v) is 8.79. The van der Waals surface area contributed by atoms with Crippen molar-refractivity contribution in [1.82, 2.24) is 30.0 Å². The van der Waals surface area contributed by atoms with Crippen LogP contribution in [-0.4, -0.2) is 49.8 Å². The molecule has 1 unspecified atom stereocenters. The number of rotatable bonds is 5. The lowest BCUT2D eigenvalue weighted by molar-refractivity contribution is -0.126. The molecule has 1 aliphatic heterocycles. The molecule has 0 aromatic carbocycles. The van der Waals surface area contributed by atoms with Crippen molar-refractivity contribution in [3.63, 3.8) is 0 Å². The maximum atomic E-state index is 13.0. The van der Waals surface area contributed by atoms with Crippen molar-refractivity contribution in [3.8, 4) is 11.3 Å². The van der Waals surface area contributed by atoms with Gasteiger partial charge in [-0.2, -0.15) is 5.10 Å². The van der Waals surface area contributed by atoms with E-state index in [2.05, 4.69) is 41.1 Å². The summed E-state index contributed by atoms with van der Waals surface area (Å²) >= 11 is 0. The highest BCUT2D eigenvalue weighted by Crippen LogP contribution is 2.30.